The Morgan fingerprint density at radius 3 is 3.00 bits per heavy atom. The Balaban J connectivity index is 1.99. The molecule has 0 aromatic heterocycles. The summed E-state index contributed by atoms with van der Waals surface area (Å²) in [5, 5.41) is 3.85. The van der Waals surface area contributed by atoms with Gasteiger partial charge in [0.2, 0.25) is 0 Å². The van der Waals surface area contributed by atoms with E-state index in [2.05, 4.69) is 30.1 Å². The van der Waals surface area contributed by atoms with E-state index in [0.717, 1.165) is 5.92 Å². The van der Waals surface area contributed by atoms with Crippen molar-refractivity contribution < 1.29 is 0 Å². The first kappa shape index (κ1) is 14.5. The van der Waals surface area contributed by atoms with Crippen LogP contribution in [0.2, 0.25) is 0 Å². The summed E-state index contributed by atoms with van der Waals surface area (Å²) in [6.07, 6.45) is 13.6. The third-order valence-electron chi connectivity index (χ3n) is 4.28. The highest BCUT2D eigenvalue weighted by molar-refractivity contribution is 7.99. The topological polar surface area (TPSA) is 12.0 Å². The molecular weight excluding hydrogens is 238 g/mol. The van der Waals surface area contributed by atoms with E-state index in [9.17, 15) is 0 Å². The normalized spacial score (nSPS) is 27.4. The van der Waals surface area contributed by atoms with Gasteiger partial charge in [-0.3, -0.25) is 0 Å². The quantitative estimate of drug-likeness (QED) is 0.742. The van der Waals surface area contributed by atoms with Crippen LogP contribution in [-0.2, 0) is 0 Å². The molecule has 1 aliphatic carbocycles. The summed E-state index contributed by atoms with van der Waals surface area (Å²) in [5.74, 6) is 3.65. The molecule has 18 heavy (non-hydrogen) atoms. The molecule has 0 bridgehead atoms. The second-order valence-corrected chi connectivity index (χ2v) is 6.94. The van der Waals surface area contributed by atoms with Gasteiger partial charge in [0, 0.05) is 6.04 Å². The van der Waals surface area contributed by atoms with Gasteiger partial charge in [-0.1, -0.05) is 31.4 Å². The molecule has 0 radical (unpaired) electrons. The van der Waals surface area contributed by atoms with Crippen molar-refractivity contribution in [1.29, 1.82) is 0 Å². The van der Waals surface area contributed by atoms with Crippen LogP contribution in [0.1, 0.15) is 58.3 Å². The van der Waals surface area contributed by atoms with Crippen LogP contribution in [0.3, 0.4) is 0 Å². The fraction of sp³-hybridized carbons (Fsp3) is 0.875. The maximum absolute atomic E-state index is 3.85. The SMILES string of the molecule is CCCNC(C1=CCCCCCC1)C1CCSC1. The van der Waals surface area contributed by atoms with E-state index in [4.69, 9.17) is 0 Å². The van der Waals surface area contributed by atoms with E-state index < -0.39 is 0 Å². The minimum Gasteiger partial charge on any atom is -0.310 e. The van der Waals surface area contributed by atoms with Gasteiger partial charge in [-0.05, 0) is 62.5 Å². The van der Waals surface area contributed by atoms with Crippen LogP contribution in [0.5, 0.6) is 0 Å². The van der Waals surface area contributed by atoms with Crippen LogP contribution in [0.25, 0.3) is 0 Å². The van der Waals surface area contributed by atoms with Crippen molar-refractivity contribution >= 4 is 11.8 Å². The Bertz CT molecular complexity index is 256. The maximum atomic E-state index is 3.85. The second-order valence-electron chi connectivity index (χ2n) is 5.79. The fourth-order valence-corrected chi connectivity index (χ4v) is 4.51. The van der Waals surface area contributed by atoms with Crippen LogP contribution in [0, 0.1) is 5.92 Å². The third-order valence-corrected chi connectivity index (χ3v) is 5.46. The Kier molecular flexibility index (Phi) is 6.64. The lowest BCUT2D eigenvalue weighted by molar-refractivity contribution is 0.410. The molecule has 1 fully saturated rings. The molecule has 2 heteroatoms. The average Bonchev–Trinajstić information content (AvgIpc) is 2.85. The van der Waals surface area contributed by atoms with Crippen LogP contribution >= 0.6 is 11.8 Å². The standard InChI is InChI=1S/C16H29NS/c1-2-11-17-16(15-10-12-18-13-15)14-8-6-4-3-5-7-9-14/h8,15-17H,2-7,9-13H2,1H3. The van der Waals surface area contributed by atoms with E-state index in [1.165, 1.54) is 69.4 Å². The average molecular weight is 267 g/mol. The smallest absolute Gasteiger partial charge is 0.0316 e. The maximum Gasteiger partial charge on any atom is 0.0316 e. The monoisotopic (exact) mass is 267 g/mol. The molecule has 1 heterocycles. The van der Waals surface area contributed by atoms with E-state index in [0.29, 0.717) is 6.04 Å². The molecule has 0 amide bonds. The lowest BCUT2D eigenvalue weighted by Gasteiger charge is -2.28. The molecule has 2 unspecified atom stereocenters. The number of hydrogen-bond donors (Lipinski definition) is 1. The van der Waals surface area contributed by atoms with Crippen molar-refractivity contribution in [3.63, 3.8) is 0 Å². The molecule has 2 atom stereocenters. The zero-order valence-electron chi connectivity index (χ0n) is 11.9. The van der Waals surface area contributed by atoms with Crippen LogP contribution in [0.4, 0.5) is 0 Å². The van der Waals surface area contributed by atoms with Crippen molar-refractivity contribution in [3.05, 3.63) is 11.6 Å². The van der Waals surface area contributed by atoms with Crippen LogP contribution in [-0.4, -0.2) is 24.1 Å². The Hall–Kier alpha value is 0.0500. The Labute approximate surface area is 117 Å². The van der Waals surface area contributed by atoms with E-state index in [1.807, 2.05) is 0 Å². The van der Waals surface area contributed by atoms with Crippen molar-refractivity contribution in [3.8, 4) is 0 Å². The molecule has 1 N–H and O–H groups in total. The van der Waals surface area contributed by atoms with Crippen molar-refractivity contribution in [2.24, 2.45) is 5.92 Å². The van der Waals surface area contributed by atoms with Gasteiger partial charge in [0.05, 0.1) is 0 Å². The van der Waals surface area contributed by atoms with Gasteiger partial charge < -0.3 is 5.32 Å². The summed E-state index contributed by atoms with van der Waals surface area (Å²) >= 11 is 2.15. The molecule has 104 valence electrons. The fourth-order valence-electron chi connectivity index (χ4n) is 3.21. The lowest BCUT2D eigenvalue weighted by Crippen LogP contribution is -2.38. The van der Waals surface area contributed by atoms with Gasteiger partial charge in [-0.25, -0.2) is 0 Å². The molecule has 0 saturated carbocycles. The number of thioether (sulfide) groups is 1. The molecule has 1 nitrogen and oxygen atoms in total. The van der Waals surface area contributed by atoms with Crippen molar-refractivity contribution in [2.45, 2.75) is 64.3 Å². The van der Waals surface area contributed by atoms with E-state index >= 15 is 0 Å². The summed E-state index contributed by atoms with van der Waals surface area (Å²) in [7, 11) is 0. The minimum atomic E-state index is 0.693. The van der Waals surface area contributed by atoms with Gasteiger partial charge in [0.25, 0.3) is 0 Å². The zero-order valence-corrected chi connectivity index (χ0v) is 12.7. The first-order chi connectivity index (χ1) is 8.92. The Morgan fingerprint density at radius 1 is 1.33 bits per heavy atom. The summed E-state index contributed by atoms with van der Waals surface area (Å²) in [6, 6.07) is 0.693. The first-order valence-corrected chi connectivity index (χ1v) is 9.07. The summed E-state index contributed by atoms with van der Waals surface area (Å²) in [6.45, 7) is 3.46. The molecule has 2 aliphatic rings. The third kappa shape index (κ3) is 4.31. The summed E-state index contributed by atoms with van der Waals surface area (Å²) in [5.41, 5.74) is 1.75. The van der Waals surface area contributed by atoms with Crippen molar-refractivity contribution in [1.82, 2.24) is 5.32 Å². The lowest BCUT2D eigenvalue weighted by atomic mass is 9.87. The Morgan fingerprint density at radius 2 is 2.22 bits per heavy atom. The van der Waals surface area contributed by atoms with E-state index in [1.54, 1.807) is 5.57 Å². The molecular formula is C16H29NS. The molecule has 1 aliphatic heterocycles. The van der Waals surface area contributed by atoms with Crippen LogP contribution in [0.15, 0.2) is 11.6 Å². The van der Waals surface area contributed by atoms with Crippen LogP contribution < -0.4 is 5.32 Å². The van der Waals surface area contributed by atoms with Crippen molar-refractivity contribution in [2.75, 3.05) is 18.1 Å². The highest BCUT2D eigenvalue weighted by Gasteiger charge is 2.27. The number of allylic oxidation sites excluding steroid dienone is 1. The first-order valence-electron chi connectivity index (χ1n) is 7.92. The predicted octanol–water partition coefficient (Wildman–Crippen LogP) is 4.39. The van der Waals surface area contributed by atoms with Gasteiger partial charge in [0.1, 0.15) is 0 Å². The number of rotatable bonds is 5. The molecule has 0 aromatic rings. The minimum absolute atomic E-state index is 0.693. The predicted molar refractivity (Wildman–Crippen MR) is 83.3 cm³/mol. The zero-order chi connectivity index (χ0) is 12.6. The second kappa shape index (κ2) is 8.27. The molecule has 2 rings (SSSR count). The van der Waals surface area contributed by atoms with Gasteiger partial charge in [0.15, 0.2) is 0 Å². The number of hydrogen-bond acceptors (Lipinski definition) is 2. The van der Waals surface area contributed by atoms with Gasteiger partial charge in [-0.15, -0.1) is 0 Å². The largest absolute Gasteiger partial charge is 0.310 e. The van der Waals surface area contributed by atoms with Gasteiger partial charge in [-0.2, -0.15) is 11.8 Å². The van der Waals surface area contributed by atoms with E-state index in [-0.39, 0.29) is 0 Å². The molecule has 0 spiro atoms. The van der Waals surface area contributed by atoms with Gasteiger partial charge >= 0.3 is 0 Å². The number of nitrogens with one attached hydrogen (secondary N) is 1. The summed E-state index contributed by atoms with van der Waals surface area (Å²) in [4.78, 5) is 0. The summed E-state index contributed by atoms with van der Waals surface area (Å²) < 4.78 is 0. The molecule has 0 aromatic carbocycles. The molecule has 1 saturated heterocycles. The highest BCUT2D eigenvalue weighted by Crippen LogP contribution is 2.32. The highest BCUT2D eigenvalue weighted by atomic mass is 32.2.